The third-order valence-corrected chi connectivity index (χ3v) is 4.34. The Balaban J connectivity index is 0.000000925. The molecule has 1 aliphatic rings. The highest BCUT2D eigenvalue weighted by Gasteiger charge is 2.21. The second kappa shape index (κ2) is 8.76. The molecule has 0 fully saturated rings. The van der Waals surface area contributed by atoms with Crippen LogP contribution in [0.25, 0.3) is 0 Å². The first-order valence-electron chi connectivity index (χ1n) is 9.17. The van der Waals surface area contributed by atoms with Crippen molar-refractivity contribution in [3.63, 3.8) is 0 Å². The van der Waals surface area contributed by atoms with Gasteiger partial charge in [-0.05, 0) is 41.5 Å². The second-order valence-corrected chi connectivity index (χ2v) is 6.39. The van der Waals surface area contributed by atoms with Crippen molar-refractivity contribution in [1.82, 2.24) is 0 Å². The van der Waals surface area contributed by atoms with Gasteiger partial charge in [0, 0.05) is 20.2 Å². The smallest absolute Gasteiger partial charge is 0.0429 e. The lowest BCUT2D eigenvalue weighted by molar-refractivity contribution is 0.530. The fourth-order valence-electron chi connectivity index (χ4n) is 3.42. The number of anilines is 1. The molecular weight excluding hydrogens is 278 g/mol. The maximum atomic E-state index is 2.55. The van der Waals surface area contributed by atoms with Crippen molar-refractivity contribution in [1.29, 1.82) is 0 Å². The van der Waals surface area contributed by atoms with Gasteiger partial charge in [-0.15, -0.1) is 0 Å². The Morgan fingerprint density at radius 1 is 1.04 bits per heavy atom. The van der Waals surface area contributed by atoms with Crippen LogP contribution in [0.3, 0.4) is 0 Å². The van der Waals surface area contributed by atoms with Crippen LogP contribution in [0, 0.1) is 5.92 Å². The van der Waals surface area contributed by atoms with Crippen molar-refractivity contribution in [3.8, 4) is 0 Å². The zero-order valence-electron chi connectivity index (χ0n) is 15.2. The molecule has 1 unspecified atom stereocenters. The summed E-state index contributed by atoms with van der Waals surface area (Å²) < 4.78 is 0. The Morgan fingerprint density at radius 2 is 1.78 bits per heavy atom. The van der Waals surface area contributed by atoms with Crippen LogP contribution in [0.4, 0.5) is 5.69 Å². The molecule has 1 heteroatoms. The largest absolute Gasteiger partial charge is 0.367 e. The summed E-state index contributed by atoms with van der Waals surface area (Å²) in [5.41, 5.74) is 5.87. The zero-order chi connectivity index (χ0) is 16.7. The molecule has 1 heterocycles. The fourth-order valence-corrected chi connectivity index (χ4v) is 3.42. The van der Waals surface area contributed by atoms with E-state index >= 15 is 0 Å². The average Bonchev–Trinajstić information content (AvgIpc) is 2.57. The molecule has 0 N–H and O–H groups in total. The van der Waals surface area contributed by atoms with Crippen LogP contribution >= 0.6 is 0 Å². The summed E-state index contributed by atoms with van der Waals surface area (Å²) in [7, 11) is 0. The summed E-state index contributed by atoms with van der Waals surface area (Å²) >= 11 is 0. The Labute approximate surface area is 143 Å². The standard InChI is InChI=1S/C20H25N.C2H6.H2/c1-3-7-17-10-11-20-19(13-17)12-16(2)14-21(20)15-18-8-5-4-6-9-18;1-2;/h4-6,8-11,13,16H,3,7,12,14-15H2,1-2H3;1-2H3;1H. The number of hydrogen-bond acceptors (Lipinski definition) is 1. The van der Waals surface area contributed by atoms with Gasteiger partial charge in [-0.3, -0.25) is 0 Å². The Hall–Kier alpha value is -1.76. The fraction of sp³-hybridized carbons (Fsp3) is 0.455. The van der Waals surface area contributed by atoms with Gasteiger partial charge in [-0.2, -0.15) is 0 Å². The molecule has 126 valence electrons. The van der Waals surface area contributed by atoms with Crippen LogP contribution < -0.4 is 4.90 Å². The van der Waals surface area contributed by atoms with Gasteiger partial charge in [-0.1, -0.05) is 76.6 Å². The minimum atomic E-state index is 0. The van der Waals surface area contributed by atoms with Crippen LogP contribution in [0.2, 0.25) is 0 Å². The lowest BCUT2D eigenvalue weighted by Crippen LogP contribution is -2.33. The SMILES string of the molecule is CC.CCCc1ccc2c(c1)CC(C)CN2Cc1ccccc1.[HH]. The number of nitrogens with zero attached hydrogens (tertiary/aromatic N) is 1. The Kier molecular flexibility index (Phi) is 6.70. The van der Waals surface area contributed by atoms with Crippen LogP contribution in [-0.4, -0.2) is 6.54 Å². The Morgan fingerprint density at radius 3 is 2.48 bits per heavy atom. The normalized spacial score (nSPS) is 16.3. The lowest BCUT2D eigenvalue weighted by atomic mass is 9.91. The number of rotatable bonds is 4. The zero-order valence-corrected chi connectivity index (χ0v) is 15.2. The van der Waals surface area contributed by atoms with Crippen molar-refractivity contribution >= 4 is 5.69 Å². The minimum Gasteiger partial charge on any atom is -0.367 e. The first-order valence-corrected chi connectivity index (χ1v) is 9.17. The van der Waals surface area contributed by atoms with E-state index in [1.807, 2.05) is 13.8 Å². The molecular formula is C22H33N. The van der Waals surface area contributed by atoms with Gasteiger partial charge in [0.05, 0.1) is 0 Å². The summed E-state index contributed by atoms with van der Waals surface area (Å²) in [6, 6.07) is 17.9. The number of fused-ring (bicyclic) bond motifs is 1. The van der Waals surface area contributed by atoms with Gasteiger partial charge < -0.3 is 4.90 Å². The van der Waals surface area contributed by atoms with Crippen molar-refractivity contribution in [2.24, 2.45) is 5.92 Å². The van der Waals surface area contributed by atoms with E-state index in [9.17, 15) is 0 Å². The first-order chi connectivity index (χ1) is 11.3. The number of hydrogen-bond donors (Lipinski definition) is 0. The molecule has 1 aliphatic heterocycles. The molecule has 0 aromatic heterocycles. The van der Waals surface area contributed by atoms with Crippen molar-refractivity contribution < 1.29 is 1.43 Å². The van der Waals surface area contributed by atoms with Crippen LogP contribution in [0.15, 0.2) is 48.5 Å². The Bertz CT molecular complexity index is 594. The van der Waals surface area contributed by atoms with Gasteiger partial charge in [0.25, 0.3) is 0 Å². The van der Waals surface area contributed by atoms with E-state index in [1.54, 1.807) is 0 Å². The average molecular weight is 312 g/mol. The van der Waals surface area contributed by atoms with Gasteiger partial charge in [0.2, 0.25) is 0 Å². The maximum absolute atomic E-state index is 2.55. The van der Waals surface area contributed by atoms with Gasteiger partial charge >= 0.3 is 0 Å². The van der Waals surface area contributed by atoms with E-state index in [1.165, 1.54) is 41.6 Å². The number of aryl methyl sites for hydroxylation is 1. The summed E-state index contributed by atoms with van der Waals surface area (Å²) in [5, 5.41) is 0. The molecule has 3 rings (SSSR count). The molecule has 0 saturated carbocycles. The molecule has 23 heavy (non-hydrogen) atoms. The molecule has 0 aliphatic carbocycles. The molecule has 1 nitrogen and oxygen atoms in total. The maximum Gasteiger partial charge on any atom is 0.0429 e. The molecule has 0 amide bonds. The second-order valence-electron chi connectivity index (χ2n) is 6.39. The third-order valence-electron chi connectivity index (χ3n) is 4.34. The van der Waals surface area contributed by atoms with E-state index in [2.05, 4.69) is 67.3 Å². The topological polar surface area (TPSA) is 3.24 Å². The molecule has 0 bridgehead atoms. The monoisotopic (exact) mass is 311 g/mol. The molecule has 0 radical (unpaired) electrons. The summed E-state index contributed by atoms with van der Waals surface area (Å²) in [6.45, 7) is 10.8. The van der Waals surface area contributed by atoms with Crippen LogP contribution in [0.5, 0.6) is 0 Å². The van der Waals surface area contributed by atoms with E-state index in [4.69, 9.17) is 0 Å². The summed E-state index contributed by atoms with van der Waals surface area (Å²) in [5.74, 6) is 0.734. The quantitative estimate of drug-likeness (QED) is 0.658. The molecule has 2 aromatic carbocycles. The van der Waals surface area contributed by atoms with E-state index in [0.717, 1.165) is 19.0 Å². The predicted molar refractivity (Wildman–Crippen MR) is 104 cm³/mol. The van der Waals surface area contributed by atoms with Gasteiger partial charge in [0.1, 0.15) is 0 Å². The van der Waals surface area contributed by atoms with Crippen molar-refractivity contribution in [3.05, 3.63) is 65.2 Å². The van der Waals surface area contributed by atoms with Crippen LogP contribution in [-0.2, 0) is 19.4 Å². The van der Waals surface area contributed by atoms with Gasteiger partial charge in [-0.25, -0.2) is 0 Å². The van der Waals surface area contributed by atoms with E-state index in [0.29, 0.717) is 0 Å². The van der Waals surface area contributed by atoms with Crippen molar-refractivity contribution in [2.75, 3.05) is 11.4 Å². The first kappa shape index (κ1) is 17.6. The third kappa shape index (κ3) is 4.60. The molecule has 0 spiro atoms. The summed E-state index contributed by atoms with van der Waals surface area (Å²) in [6.07, 6.45) is 3.64. The molecule has 2 aromatic rings. The predicted octanol–water partition coefficient (Wildman–Crippen LogP) is 6.11. The lowest BCUT2D eigenvalue weighted by Gasteiger charge is -2.35. The van der Waals surface area contributed by atoms with Crippen LogP contribution in [0.1, 0.15) is 52.2 Å². The highest BCUT2D eigenvalue weighted by Crippen LogP contribution is 2.32. The van der Waals surface area contributed by atoms with Crippen molar-refractivity contribution in [2.45, 2.75) is 53.5 Å². The van der Waals surface area contributed by atoms with Gasteiger partial charge in [0.15, 0.2) is 0 Å². The van der Waals surface area contributed by atoms with E-state index < -0.39 is 0 Å². The minimum absolute atomic E-state index is 0. The highest BCUT2D eigenvalue weighted by atomic mass is 15.1. The molecule has 0 saturated heterocycles. The number of benzene rings is 2. The van der Waals surface area contributed by atoms with E-state index in [-0.39, 0.29) is 1.43 Å². The summed E-state index contributed by atoms with van der Waals surface area (Å²) in [4.78, 5) is 2.55. The highest BCUT2D eigenvalue weighted by molar-refractivity contribution is 5.57. The molecule has 1 atom stereocenters.